The van der Waals surface area contributed by atoms with Crippen molar-refractivity contribution in [3.8, 4) is 0 Å². The van der Waals surface area contributed by atoms with Crippen LogP contribution < -0.4 is 11.1 Å². The van der Waals surface area contributed by atoms with Crippen LogP contribution in [0.15, 0.2) is 0 Å². The number of nitrogens with two attached hydrogens (primary N) is 1. The Balaban J connectivity index is 4.53. The molecule has 3 N–H and O–H groups in total. The molecule has 1 amide bonds. The highest BCUT2D eigenvalue weighted by Gasteiger charge is 2.23. The summed E-state index contributed by atoms with van der Waals surface area (Å²) in [5.41, 5.74) is 5.34. The second kappa shape index (κ2) is 9.13. The Morgan fingerprint density at radius 2 is 1.68 bits per heavy atom. The van der Waals surface area contributed by atoms with Gasteiger partial charge in [-0.25, -0.2) is 0 Å². The van der Waals surface area contributed by atoms with Gasteiger partial charge in [0.05, 0.1) is 12.5 Å². The molecule has 0 aromatic rings. The van der Waals surface area contributed by atoms with Gasteiger partial charge in [-0.05, 0) is 44.9 Å². The fourth-order valence-corrected chi connectivity index (χ4v) is 2.19. The lowest BCUT2D eigenvalue weighted by molar-refractivity contribution is -0.156. The number of nitrogens with one attached hydrogen (secondary N) is 1. The normalized spacial score (nSPS) is 14.8. The molecule has 0 aliphatic rings. The lowest BCUT2D eigenvalue weighted by atomic mass is 9.93. The van der Waals surface area contributed by atoms with Gasteiger partial charge in [-0.3, -0.25) is 9.59 Å². The Morgan fingerprint density at radius 1 is 1.14 bits per heavy atom. The molecule has 0 saturated carbocycles. The molecule has 0 aromatic heterocycles. The van der Waals surface area contributed by atoms with Crippen LogP contribution in [0.4, 0.5) is 0 Å². The topological polar surface area (TPSA) is 81.4 Å². The second-order valence-electron chi connectivity index (χ2n) is 7.80. The summed E-state index contributed by atoms with van der Waals surface area (Å²) in [7, 11) is 0. The van der Waals surface area contributed by atoms with Crippen molar-refractivity contribution in [2.24, 2.45) is 23.5 Å². The van der Waals surface area contributed by atoms with Gasteiger partial charge in [0, 0.05) is 6.54 Å². The van der Waals surface area contributed by atoms with Crippen molar-refractivity contribution in [2.45, 2.75) is 73.0 Å². The number of rotatable bonds is 8. The number of hydrogen-bond donors (Lipinski definition) is 2. The Morgan fingerprint density at radius 3 is 2.09 bits per heavy atom. The summed E-state index contributed by atoms with van der Waals surface area (Å²) in [6.45, 7) is 14.0. The summed E-state index contributed by atoms with van der Waals surface area (Å²) in [5.74, 6) is 0.226. The molecule has 2 atom stereocenters. The van der Waals surface area contributed by atoms with Crippen LogP contribution in [0.3, 0.4) is 0 Å². The van der Waals surface area contributed by atoms with Crippen LogP contribution in [0.1, 0.15) is 61.3 Å². The lowest BCUT2D eigenvalue weighted by Crippen LogP contribution is -2.45. The van der Waals surface area contributed by atoms with Crippen molar-refractivity contribution in [1.29, 1.82) is 0 Å². The van der Waals surface area contributed by atoms with E-state index in [0.717, 1.165) is 6.42 Å². The predicted molar refractivity (Wildman–Crippen MR) is 89.2 cm³/mol. The first-order chi connectivity index (χ1) is 9.92. The summed E-state index contributed by atoms with van der Waals surface area (Å²) in [4.78, 5) is 23.9. The monoisotopic (exact) mass is 314 g/mol. The zero-order valence-electron chi connectivity index (χ0n) is 15.2. The maximum absolute atomic E-state index is 12.0. The fraction of sp³-hybridized carbons (Fsp3) is 0.882. The summed E-state index contributed by atoms with van der Waals surface area (Å²) >= 11 is 0. The van der Waals surface area contributed by atoms with E-state index < -0.39 is 11.6 Å². The van der Waals surface area contributed by atoms with E-state index in [1.54, 1.807) is 0 Å². The van der Waals surface area contributed by atoms with Gasteiger partial charge in [0.2, 0.25) is 5.91 Å². The minimum absolute atomic E-state index is 0.0677. The maximum Gasteiger partial charge on any atom is 0.306 e. The van der Waals surface area contributed by atoms with Gasteiger partial charge in [0.15, 0.2) is 0 Å². The van der Waals surface area contributed by atoms with Gasteiger partial charge >= 0.3 is 5.97 Å². The number of carbonyl (C=O) groups excluding carboxylic acids is 2. The third-order valence-corrected chi connectivity index (χ3v) is 3.27. The minimum atomic E-state index is -0.513. The highest BCUT2D eigenvalue weighted by atomic mass is 16.6. The zero-order chi connectivity index (χ0) is 17.5. The average Bonchev–Trinajstić information content (AvgIpc) is 2.31. The van der Waals surface area contributed by atoms with Gasteiger partial charge in [-0.1, -0.05) is 27.7 Å². The average molecular weight is 314 g/mol. The molecule has 0 saturated heterocycles. The number of amides is 1. The predicted octanol–water partition coefficient (Wildman–Crippen LogP) is 2.48. The molecule has 0 radical (unpaired) electrons. The first kappa shape index (κ1) is 20.9. The summed E-state index contributed by atoms with van der Waals surface area (Å²) < 4.78 is 5.37. The van der Waals surface area contributed by atoms with Crippen molar-refractivity contribution < 1.29 is 14.3 Å². The highest BCUT2D eigenvalue weighted by Crippen LogP contribution is 2.18. The van der Waals surface area contributed by atoms with Crippen molar-refractivity contribution in [3.05, 3.63) is 0 Å². The van der Waals surface area contributed by atoms with Crippen LogP contribution in [0, 0.1) is 17.8 Å². The van der Waals surface area contributed by atoms with Gasteiger partial charge < -0.3 is 15.8 Å². The summed E-state index contributed by atoms with van der Waals surface area (Å²) in [6, 6.07) is -0.513. The van der Waals surface area contributed by atoms with Gasteiger partial charge in [0.25, 0.3) is 0 Å². The van der Waals surface area contributed by atoms with E-state index in [0.29, 0.717) is 18.9 Å². The molecule has 22 heavy (non-hydrogen) atoms. The van der Waals surface area contributed by atoms with E-state index in [9.17, 15) is 9.59 Å². The standard InChI is InChI=1S/C17H34N2O3/c1-11(2)8-13(9-14(20)22-17(5,6)7)10-19-16(21)15(18)12(3)4/h11-13,15H,8-10,18H2,1-7H3,(H,19,21)/t13-,15?/m0/s1. The molecule has 0 bridgehead atoms. The Labute approximate surface area is 135 Å². The number of hydrogen-bond acceptors (Lipinski definition) is 4. The first-order valence-corrected chi connectivity index (χ1v) is 8.17. The van der Waals surface area contributed by atoms with Crippen molar-refractivity contribution >= 4 is 11.9 Å². The van der Waals surface area contributed by atoms with Crippen molar-refractivity contribution in [3.63, 3.8) is 0 Å². The molecule has 0 fully saturated rings. The molecule has 130 valence electrons. The maximum atomic E-state index is 12.0. The smallest absolute Gasteiger partial charge is 0.306 e. The molecule has 0 aromatic carbocycles. The lowest BCUT2D eigenvalue weighted by Gasteiger charge is -2.24. The second-order valence-corrected chi connectivity index (χ2v) is 7.80. The highest BCUT2D eigenvalue weighted by molar-refractivity contribution is 5.81. The molecule has 5 nitrogen and oxygen atoms in total. The SMILES string of the molecule is CC(C)C[C@H](CNC(=O)C(N)C(C)C)CC(=O)OC(C)(C)C. The van der Waals surface area contributed by atoms with E-state index in [2.05, 4.69) is 19.2 Å². The van der Waals surface area contributed by atoms with Crippen LogP contribution in [-0.4, -0.2) is 30.1 Å². The van der Waals surface area contributed by atoms with Crippen LogP contribution in [0.2, 0.25) is 0 Å². The van der Waals surface area contributed by atoms with E-state index in [4.69, 9.17) is 10.5 Å². The molecule has 0 aliphatic carbocycles. The number of carbonyl (C=O) groups is 2. The molecule has 1 unspecified atom stereocenters. The molecular formula is C17H34N2O3. The molecular weight excluding hydrogens is 280 g/mol. The van der Waals surface area contributed by atoms with E-state index in [1.807, 2.05) is 34.6 Å². The summed E-state index contributed by atoms with van der Waals surface area (Å²) in [5, 5.41) is 2.87. The number of ether oxygens (including phenoxy) is 1. The largest absolute Gasteiger partial charge is 0.460 e. The van der Waals surface area contributed by atoms with E-state index >= 15 is 0 Å². The quantitative estimate of drug-likeness (QED) is 0.674. The molecule has 5 heteroatoms. The van der Waals surface area contributed by atoms with E-state index in [-0.39, 0.29) is 23.7 Å². The van der Waals surface area contributed by atoms with Crippen LogP contribution >= 0.6 is 0 Å². The van der Waals surface area contributed by atoms with Gasteiger partial charge in [-0.2, -0.15) is 0 Å². The Kier molecular flexibility index (Phi) is 8.68. The minimum Gasteiger partial charge on any atom is -0.460 e. The van der Waals surface area contributed by atoms with Crippen LogP contribution in [0.5, 0.6) is 0 Å². The Bertz CT molecular complexity index is 359. The molecule has 0 aliphatic heterocycles. The van der Waals surface area contributed by atoms with Crippen molar-refractivity contribution in [2.75, 3.05) is 6.54 Å². The van der Waals surface area contributed by atoms with Crippen molar-refractivity contribution in [1.82, 2.24) is 5.32 Å². The number of esters is 1. The van der Waals surface area contributed by atoms with E-state index in [1.165, 1.54) is 0 Å². The van der Waals surface area contributed by atoms with Gasteiger partial charge in [0.1, 0.15) is 5.60 Å². The van der Waals surface area contributed by atoms with Crippen LogP contribution in [-0.2, 0) is 14.3 Å². The third kappa shape index (κ3) is 9.77. The molecule has 0 heterocycles. The molecule has 0 rings (SSSR count). The van der Waals surface area contributed by atoms with Crippen LogP contribution in [0.25, 0.3) is 0 Å². The van der Waals surface area contributed by atoms with Gasteiger partial charge in [-0.15, -0.1) is 0 Å². The third-order valence-electron chi connectivity index (χ3n) is 3.27. The molecule has 0 spiro atoms. The summed E-state index contributed by atoms with van der Waals surface area (Å²) in [6.07, 6.45) is 1.17. The fourth-order valence-electron chi connectivity index (χ4n) is 2.19. The first-order valence-electron chi connectivity index (χ1n) is 8.17. The Hall–Kier alpha value is -1.10. The zero-order valence-corrected chi connectivity index (χ0v) is 15.2.